The highest BCUT2D eigenvalue weighted by molar-refractivity contribution is 6.08. The highest BCUT2D eigenvalue weighted by Crippen LogP contribution is 2.42. The Bertz CT molecular complexity index is 954. The summed E-state index contributed by atoms with van der Waals surface area (Å²) in [7, 11) is 0. The van der Waals surface area contributed by atoms with Crippen molar-refractivity contribution in [3.8, 4) is 5.75 Å². The second kappa shape index (κ2) is 5.98. The molecule has 0 aliphatic carbocycles. The van der Waals surface area contributed by atoms with Gasteiger partial charge in [-0.1, -0.05) is 6.07 Å². The molecule has 5 nitrogen and oxygen atoms in total. The van der Waals surface area contributed by atoms with Gasteiger partial charge >= 0.3 is 6.61 Å². The van der Waals surface area contributed by atoms with Crippen LogP contribution >= 0.6 is 0 Å². The van der Waals surface area contributed by atoms with Crippen LogP contribution in [-0.2, 0) is 4.79 Å². The molecule has 25 heavy (non-hydrogen) atoms. The second-order valence-electron chi connectivity index (χ2n) is 6.04. The van der Waals surface area contributed by atoms with Crippen LogP contribution in [0.25, 0.3) is 21.9 Å². The highest BCUT2D eigenvalue weighted by Gasteiger charge is 2.32. The first-order chi connectivity index (χ1) is 12.1. The Hall–Kier alpha value is -2.70. The zero-order valence-corrected chi connectivity index (χ0v) is 13.5. The Morgan fingerprint density at radius 1 is 1.40 bits per heavy atom. The van der Waals surface area contributed by atoms with Gasteiger partial charge in [-0.15, -0.1) is 0 Å². The van der Waals surface area contributed by atoms with Crippen LogP contribution < -0.4 is 4.74 Å². The molecule has 0 bridgehead atoms. The second-order valence-corrected chi connectivity index (χ2v) is 6.04. The van der Waals surface area contributed by atoms with Gasteiger partial charge in [0, 0.05) is 48.6 Å². The molecular weight excluding hydrogens is 330 g/mol. The van der Waals surface area contributed by atoms with Crippen molar-refractivity contribution in [2.75, 3.05) is 13.1 Å². The largest absolute Gasteiger partial charge is 0.452 e. The Morgan fingerprint density at radius 3 is 2.96 bits per heavy atom. The van der Waals surface area contributed by atoms with Gasteiger partial charge in [-0.05, 0) is 24.6 Å². The zero-order valence-electron chi connectivity index (χ0n) is 13.5. The van der Waals surface area contributed by atoms with Crippen LogP contribution in [0.15, 0.2) is 35.0 Å². The maximum Gasteiger partial charge on any atom is 0.387 e. The molecule has 1 unspecified atom stereocenters. The number of carbonyl (C=O) groups excluding carboxylic acids is 1. The average Bonchev–Trinajstić information content (AvgIpc) is 3.16. The Balaban J connectivity index is 1.92. The maximum absolute atomic E-state index is 12.7. The highest BCUT2D eigenvalue weighted by atomic mass is 19.3. The predicted molar refractivity (Wildman–Crippen MR) is 87.8 cm³/mol. The van der Waals surface area contributed by atoms with Crippen LogP contribution in [0.1, 0.15) is 24.8 Å². The van der Waals surface area contributed by atoms with Gasteiger partial charge in [0.2, 0.25) is 5.91 Å². The molecule has 1 aromatic carbocycles. The standard InChI is InChI=1S/C18H16F2N2O3/c1-2-22-9-10(7-15(22)23)11-3-4-14(25-18(19)20)17-16(11)12-8-21-6-5-13(12)24-17/h3-6,8,10,18H,2,7,9H2,1H3. The van der Waals surface area contributed by atoms with E-state index in [0.29, 0.717) is 30.5 Å². The number of fused-ring (bicyclic) bond motifs is 3. The van der Waals surface area contributed by atoms with Crippen LogP contribution in [0.5, 0.6) is 5.75 Å². The van der Waals surface area contributed by atoms with Crippen LogP contribution in [0.4, 0.5) is 8.78 Å². The fourth-order valence-electron chi connectivity index (χ4n) is 3.54. The minimum absolute atomic E-state index is 0.0124. The van der Waals surface area contributed by atoms with E-state index < -0.39 is 6.61 Å². The van der Waals surface area contributed by atoms with E-state index in [0.717, 1.165) is 10.9 Å². The number of nitrogens with zero attached hydrogens (tertiary/aromatic N) is 2. The first-order valence-electron chi connectivity index (χ1n) is 8.10. The van der Waals surface area contributed by atoms with Crippen molar-refractivity contribution in [3.05, 3.63) is 36.2 Å². The van der Waals surface area contributed by atoms with Crippen molar-refractivity contribution in [1.29, 1.82) is 0 Å². The third kappa shape index (κ3) is 2.59. The van der Waals surface area contributed by atoms with Crippen LogP contribution in [-0.4, -0.2) is 35.5 Å². The fraction of sp³-hybridized carbons (Fsp3) is 0.333. The minimum Gasteiger partial charge on any atom is -0.452 e. The third-order valence-corrected chi connectivity index (χ3v) is 4.67. The SMILES string of the molecule is CCN1CC(c2ccc(OC(F)F)c3oc4ccncc4c23)CC1=O. The predicted octanol–water partition coefficient (Wildman–Crippen LogP) is 3.92. The summed E-state index contributed by atoms with van der Waals surface area (Å²) in [5, 5.41) is 1.42. The van der Waals surface area contributed by atoms with E-state index >= 15 is 0 Å². The molecule has 4 rings (SSSR count). The molecular formula is C18H16F2N2O3. The van der Waals surface area contributed by atoms with Crippen LogP contribution in [0, 0.1) is 0 Å². The molecule has 1 atom stereocenters. The normalized spacial score (nSPS) is 18.0. The molecule has 3 aromatic rings. The lowest BCUT2D eigenvalue weighted by Gasteiger charge is -2.15. The third-order valence-electron chi connectivity index (χ3n) is 4.67. The van der Waals surface area contributed by atoms with Gasteiger partial charge in [-0.3, -0.25) is 9.78 Å². The molecule has 130 valence electrons. The summed E-state index contributed by atoms with van der Waals surface area (Å²) in [5.41, 5.74) is 1.71. The molecule has 0 saturated carbocycles. The van der Waals surface area contributed by atoms with E-state index in [4.69, 9.17) is 4.42 Å². The first-order valence-corrected chi connectivity index (χ1v) is 8.10. The molecule has 7 heteroatoms. The number of rotatable bonds is 4. The number of likely N-dealkylation sites (N-methyl/N-ethyl adjacent to an activating group) is 1. The van der Waals surface area contributed by atoms with Crippen molar-refractivity contribution < 1.29 is 22.7 Å². The number of halogens is 2. The van der Waals surface area contributed by atoms with Gasteiger partial charge in [0.1, 0.15) is 5.58 Å². The Kier molecular flexibility index (Phi) is 3.78. The van der Waals surface area contributed by atoms with Crippen LogP contribution in [0.3, 0.4) is 0 Å². The lowest BCUT2D eigenvalue weighted by Crippen LogP contribution is -2.24. The number of carbonyl (C=O) groups is 1. The molecule has 1 fully saturated rings. The zero-order chi connectivity index (χ0) is 17.6. The minimum atomic E-state index is -2.94. The lowest BCUT2D eigenvalue weighted by molar-refractivity contribution is -0.127. The summed E-state index contributed by atoms with van der Waals surface area (Å²) >= 11 is 0. The van der Waals surface area contributed by atoms with Gasteiger partial charge in [0.25, 0.3) is 0 Å². The number of pyridine rings is 1. The molecule has 1 aliphatic heterocycles. The van der Waals surface area contributed by atoms with Gasteiger partial charge in [0.05, 0.1) is 0 Å². The lowest BCUT2D eigenvalue weighted by atomic mass is 9.93. The molecule has 0 radical (unpaired) electrons. The molecule has 1 aliphatic rings. The number of furan rings is 1. The number of hydrogen-bond donors (Lipinski definition) is 0. The van der Waals surface area contributed by atoms with E-state index in [2.05, 4.69) is 9.72 Å². The van der Waals surface area contributed by atoms with Gasteiger partial charge in [-0.2, -0.15) is 8.78 Å². The summed E-state index contributed by atoms with van der Waals surface area (Å²) < 4.78 is 35.8. The summed E-state index contributed by atoms with van der Waals surface area (Å²) in [4.78, 5) is 18.0. The maximum atomic E-state index is 12.7. The molecule has 3 heterocycles. The van der Waals surface area contributed by atoms with E-state index in [1.165, 1.54) is 6.07 Å². The van der Waals surface area contributed by atoms with E-state index in [-0.39, 0.29) is 23.2 Å². The number of aromatic nitrogens is 1. The Morgan fingerprint density at radius 2 is 2.24 bits per heavy atom. The van der Waals surface area contributed by atoms with Crippen molar-refractivity contribution in [2.45, 2.75) is 25.9 Å². The summed E-state index contributed by atoms with van der Waals surface area (Å²) in [6, 6.07) is 4.92. The summed E-state index contributed by atoms with van der Waals surface area (Å²) in [5.74, 6) is 0.0673. The number of likely N-dealkylation sites (tertiary alicyclic amines) is 1. The number of benzene rings is 1. The molecule has 0 N–H and O–H groups in total. The first kappa shape index (κ1) is 15.8. The van der Waals surface area contributed by atoms with Gasteiger partial charge in [0.15, 0.2) is 11.3 Å². The van der Waals surface area contributed by atoms with Crippen LogP contribution in [0.2, 0.25) is 0 Å². The molecule has 1 amide bonds. The fourth-order valence-corrected chi connectivity index (χ4v) is 3.54. The quantitative estimate of drug-likeness (QED) is 0.718. The number of ether oxygens (including phenoxy) is 1. The number of amides is 1. The summed E-state index contributed by atoms with van der Waals surface area (Å²) in [6.07, 6.45) is 3.62. The summed E-state index contributed by atoms with van der Waals surface area (Å²) in [6.45, 7) is 0.252. The monoisotopic (exact) mass is 346 g/mol. The van der Waals surface area contributed by atoms with E-state index in [9.17, 15) is 13.6 Å². The van der Waals surface area contributed by atoms with Crippen molar-refractivity contribution in [2.24, 2.45) is 0 Å². The average molecular weight is 346 g/mol. The number of hydrogen-bond acceptors (Lipinski definition) is 4. The Labute approximate surface area is 142 Å². The van der Waals surface area contributed by atoms with Gasteiger partial charge < -0.3 is 14.1 Å². The topological polar surface area (TPSA) is 55.6 Å². The van der Waals surface area contributed by atoms with E-state index in [1.54, 1.807) is 29.4 Å². The smallest absolute Gasteiger partial charge is 0.387 e. The molecule has 1 saturated heterocycles. The van der Waals surface area contributed by atoms with Crippen molar-refractivity contribution >= 4 is 27.8 Å². The van der Waals surface area contributed by atoms with Crippen molar-refractivity contribution in [3.63, 3.8) is 0 Å². The molecule has 2 aromatic heterocycles. The van der Waals surface area contributed by atoms with Crippen molar-refractivity contribution in [1.82, 2.24) is 9.88 Å². The number of alkyl halides is 2. The molecule has 0 spiro atoms. The van der Waals surface area contributed by atoms with E-state index in [1.807, 2.05) is 6.92 Å². The van der Waals surface area contributed by atoms with Gasteiger partial charge in [-0.25, -0.2) is 0 Å².